The van der Waals surface area contributed by atoms with Crippen LogP contribution in [0.5, 0.6) is 17.5 Å². The Hall–Kier alpha value is -3.62. The van der Waals surface area contributed by atoms with Gasteiger partial charge in [0.1, 0.15) is 18.8 Å². The van der Waals surface area contributed by atoms with E-state index in [0.29, 0.717) is 37.9 Å². The minimum absolute atomic E-state index is 0.00978. The number of hydrogen-bond donors (Lipinski definition) is 0. The first-order valence-electron chi connectivity index (χ1n) is 10.8. The molecule has 0 spiro atoms. The zero-order valence-corrected chi connectivity index (χ0v) is 17.9. The molecule has 1 saturated heterocycles. The van der Waals surface area contributed by atoms with E-state index in [-0.39, 0.29) is 18.1 Å². The zero-order chi connectivity index (χ0) is 21.9. The molecule has 2 aliphatic rings. The highest BCUT2D eigenvalue weighted by Crippen LogP contribution is 2.32. The molecule has 1 unspecified atom stereocenters. The number of hydrogen-bond acceptors (Lipinski definition) is 7. The van der Waals surface area contributed by atoms with E-state index in [0.717, 1.165) is 29.7 Å². The van der Waals surface area contributed by atoms with Crippen molar-refractivity contribution < 1.29 is 19.0 Å². The monoisotopic (exact) mass is 435 g/mol. The second-order valence-corrected chi connectivity index (χ2v) is 8.06. The number of benzene rings is 1. The van der Waals surface area contributed by atoms with Gasteiger partial charge in [-0.25, -0.2) is 9.97 Å². The van der Waals surface area contributed by atoms with Crippen LogP contribution in [0.2, 0.25) is 0 Å². The highest BCUT2D eigenvalue weighted by molar-refractivity contribution is 5.77. The van der Waals surface area contributed by atoms with Gasteiger partial charge in [0.25, 0.3) is 0 Å². The standard InChI is InChI=1S/C23H25N5O4/c1-27-14-17(13-26-27)16-11-24-23(25-12-16)32-18-6-8-28(9-7-18)22(29)10-19-15-30-20-4-2-3-5-21(20)31-19/h2-5,11-14,18-19H,6-10,15H2,1H3. The molecule has 2 aliphatic heterocycles. The number of carbonyl (C=O) groups is 1. The summed E-state index contributed by atoms with van der Waals surface area (Å²) in [6.45, 7) is 1.66. The predicted molar refractivity (Wildman–Crippen MR) is 115 cm³/mol. The van der Waals surface area contributed by atoms with Crippen LogP contribution in [-0.2, 0) is 11.8 Å². The Morgan fingerprint density at radius 2 is 1.84 bits per heavy atom. The molecule has 0 aliphatic carbocycles. The van der Waals surface area contributed by atoms with Crippen molar-refractivity contribution >= 4 is 5.91 Å². The number of aryl methyl sites for hydroxylation is 1. The third-order valence-electron chi connectivity index (χ3n) is 5.70. The number of amides is 1. The van der Waals surface area contributed by atoms with Crippen LogP contribution in [0.25, 0.3) is 11.1 Å². The normalized spacial score (nSPS) is 18.4. The van der Waals surface area contributed by atoms with Crippen LogP contribution >= 0.6 is 0 Å². The van der Waals surface area contributed by atoms with Crippen LogP contribution in [0, 0.1) is 0 Å². The maximum absolute atomic E-state index is 12.7. The van der Waals surface area contributed by atoms with E-state index in [9.17, 15) is 4.79 Å². The molecule has 166 valence electrons. The van der Waals surface area contributed by atoms with Gasteiger partial charge in [-0.3, -0.25) is 9.48 Å². The molecule has 1 atom stereocenters. The summed E-state index contributed by atoms with van der Waals surface area (Å²) in [5, 5.41) is 4.16. The lowest BCUT2D eigenvalue weighted by Gasteiger charge is -2.33. The van der Waals surface area contributed by atoms with Crippen LogP contribution in [0.4, 0.5) is 0 Å². The second kappa shape index (κ2) is 8.86. The molecule has 9 heteroatoms. The number of ether oxygens (including phenoxy) is 3. The lowest BCUT2D eigenvalue weighted by atomic mass is 10.1. The van der Waals surface area contributed by atoms with Crippen molar-refractivity contribution in [2.24, 2.45) is 7.05 Å². The average Bonchev–Trinajstić information content (AvgIpc) is 3.26. The highest BCUT2D eigenvalue weighted by atomic mass is 16.6. The number of rotatable bonds is 5. The van der Waals surface area contributed by atoms with Gasteiger partial charge in [-0.05, 0) is 12.1 Å². The minimum Gasteiger partial charge on any atom is -0.486 e. The molecule has 3 aromatic rings. The molecule has 0 N–H and O–H groups in total. The van der Waals surface area contributed by atoms with Crippen LogP contribution in [0.1, 0.15) is 19.3 Å². The fourth-order valence-corrected chi connectivity index (χ4v) is 3.96. The molecule has 2 aromatic heterocycles. The van der Waals surface area contributed by atoms with Gasteiger partial charge < -0.3 is 19.1 Å². The summed E-state index contributed by atoms with van der Waals surface area (Å²) < 4.78 is 19.3. The lowest BCUT2D eigenvalue weighted by Crippen LogP contribution is -2.44. The van der Waals surface area contributed by atoms with E-state index >= 15 is 0 Å². The van der Waals surface area contributed by atoms with Crippen molar-refractivity contribution in [3.63, 3.8) is 0 Å². The summed E-state index contributed by atoms with van der Waals surface area (Å²) in [6.07, 6.45) is 8.67. The minimum atomic E-state index is -0.266. The molecule has 4 heterocycles. The van der Waals surface area contributed by atoms with E-state index in [1.165, 1.54) is 0 Å². The number of para-hydroxylation sites is 2. The Balaban J connectivity index is 1.09. The van der Waals surface area contributed by atoms with E-state index < -0.39 is 0 Å². The van der Waals surface area contributed by atoms with E-state index in [2.05, 4.69) is 15.1 Å². The first kappa shape index (κ1) is 20.3. The largest absolute Gasteiger partial charge is 0.486 e. The molecule has 5 rings (SSSR count). The van der Waals surface area contributed by atoms with Crippen molar-refractivity contribution in [3.8, 4) is 28.6 Å². The van der Waals surface area contributed by atoms with E-state index in [1.807, 2.05) is 42.4 Å². The van der Waals surface area contributed by atoms with Crippen molar-refractivity contribution in [1.82, 2.24) is 24.6 Å². The molecule has 1 fully saturated rings. The predicted octanol–water partition coefficient (Wildman–Crippen LogP) is 2.48. The van der Waals surface area contributed by atoms with E-state index in [1.54, 1.807) is 23.3 Å². The summed E-state index contributed by atoms with van der Waals surface area (Å²) in [5.74, 6) is 1.50. The van der Waals surface area contributed by atoms with Crippen LogP contribution in [0.3, 0.4) is 0 Å². The number of nitrogens with zero attached hydrogens (tertiary/aromatic N) is 5. The first-order valence-corrected chi connectivity index (χ1v) is 10.8. The molecule has 0 bridgehead atoms. The van der Waals surface area contributed by atoms with Gasteiger partial charge in [-0.15, -0.1) is 0 Å². The molecule has 1 aromatic carbocycles. The number of piperidine rings is 1. The van der Waals surface area contributed by atoms with Crippen LogP contribution in [-0.4, -0.2) is 62.5 Å². The first-order chi connectivity index (χ1) is 15.6. The summed E-state index contributed by atoms with van der Waals surface area (Å²) >= 11 is 0. The molecule has 0 radical (unpaired) electrons. The third-order valence-corrected chi connectivity index (χ3v) is 5.70. The summed E-state index contributed by atoms with van der Waals surface area (Å²) in [6, 6.07) is 7.88. The van der Waals surface area contributed by atoms with Gasteiger partial charge in [-0.1, -0.05) is 12.1 Å². The van der Waals surface area contributed by atoms with Crippen LogP contribution < -0.4 is 14.2 Å². The van der Waals surface area contributed by atoms with Gasteiger partial charge in [0.2, 0.25) is 5.91 Å². The van der Waals surface area contributed by atoms with Crippen molar-refractivity contribution in [2.45, 2.75) is 31.5 Å². The SMILES string of the molecule is Cn1cc(-c2cnc(OC3CCN(C(=O)CC4COc5ccccc5O4)CC3)nc2)cn1. The molecule has 32 heavy (non-hydrogen) atoms. The Bertz CT molecular complexity index is 1080. The summed E-state index contributed by atoms with van der Waals surface area (Å²) in [4.78, 5) is 23.3. The molecule has 9 nitrogen and oxygen atoms in total. The zero-order valence-electron chi connectivity index (χ0n) is 17.9. The summed E-state index contributed by atoms with van der Waals surface area (Å²) in [5.41, 5.74) is 1.85. The Morgan fingerprint density at radius 1 is 1.09 bits per heavy atom. The quantitative estimate of drug-likeness (QED) is 0.608. The lowest BCUT2D eigenvalue weighted by molar-refractivity contribution is -0.135. The average molecular weight is 435 g/mol. The Morgan fingerprint density at radius 3 is 2.56 bits per heavy atom. The van der Waals surface area contributed by atoms with E-state index in [4.69, 9.17) is 14.2 Å². The number of fused-ring (bicyclic) bond motifs is 1. The van der Waals surface area contributed by atoms with Gasteiger partial charge in [0.15, 0.2) is 11.5 Å². The fourth-order valence-electron chi connectivity index (χ4n) is 3.96. The molecule has 1 amide bonds. The topological polar surface area (TPSA) is 91.6 Å². The maximum atomic E-state index is 12.7. The third kappa shape index (κ3) is 4.51. The number of carbonyl (C=O) groups excluding carboxylic acids is 1. The Kier molecular flexibility index (Phi) is 5.62. The maximum Gasteiger partial charge on any atom is 0.316 e. The van der Waals surface area contributed by atoms with Crippen molar-refractivity contribution in [3.05, 3.63) is 49.1 Å². The van der Waals surface area contributed by atoms with Gasteiger partial charge in [-0.2, -0.15) is 5.10 Å². The van der Waals surface area contributed by atoms with Crippen molar-refractivity contribution in [1.29, 1.82) is 0 Å². The van der Waals surface area contributed by atoms with Crippen LogP contribution in [0.15, 0.2) is 49.1 Å². The number of aromatic nitrogens is 4. The fraction of sp³-hybridized carbons (Fsp3) is 0.391. The highest BCUT2D eigenvalue weighted by Gasteiger charge is 2.29. The number of likely N-dealkylation sites (tertiary alicyclic amines) is 1. The van der Waals surface area contributed by atoms with Crippen molar-refractivity contribution in [2.75, 3.05) is 19.7 Å². The Labute approximate surface area is 185 Å². The summed E-state index contributed by atoms with van der Waals surface area (Å²) in [7, 11) is 1.87. The molecule has 0 saturated carbocycles. The van der Waals surface area contributed by atoms with Gasteiger partial charge >= 0.3 is 6.01 Å². The smallest absolute Gasteiger partial charge is 0.316 e. The molecular formula is C23H25N5O4. The molecular weight excluding hydrogens is 410 g/mol. The second-order valence-electron chi connectivity index (χ2n) is 8.06. The van der Waals surface area contributed by atoms with Gasteiger partial charge in [0.05, 0.1) is 12.6 Å². The van der Waals surface area contributed by atoms with Gasteiger partial charge in [0, 0.05) is 62.7 Å².